The van der Waals surface area contributed by atoms with Gasteiger partial charge in [-0.1, -0.05) is 11.6 Å². The molecular weight excluding hydrogens is 268 g/mol. The Hall–Kier alpha value is -1.59. The number of likely N-dealkylation sites (tertiary alicyclic amines) is 1. The summed E-state index contributed by atoms with van der Waals surface area (Å²) < 4.78 is 0. The van der Waals surface area contributed by atoms with Gasteiger partial charge in [0, 0.05) is 12.2 Å². The number of hydrogen-bond acceptors (Lipinski definition) is 3. The van der Waals surface area contributed by atoms with E-state index in [4.69, 9.17) is 16.7 Å². The number of carbonyl (C=O) groups is 2. The molecule has 2 rings (SSSR count). The Morgan fingerprint density at radius 2 is 2.21 bits per heavy atom. The molecule has 5 nitrogen and oxygen atoms in total. The molecule has 1 amide bonds. The van der Waals surface area contributed by atoms with Crippen molar-refractivity contribution in [2.75, 3.05) is 25.5 Å². The summed E-state index contributed by atoms with van der Waals surface area (Å²) in [4.78, 5) is 24.9. The standard InChI is InChI=1S/C13H15ClN2O3/c1-16-5-4-8(7-16)12(17)15-9-2-3-10(13(18)19)11(14)6-9/h2-3,6,8H,4-5,7H2,1H3,(H,15,17)(H,18,19). The molecule has 1 unspecified atom stereocenters. The summed E-state index contributed by atoms with van der Waals surface area (Å²) in [6.45, 7) is 1.66. The maximum Gasteiger partial charge on any atom is 0.337 e. The Morgan fingerprint density at radius 3 is 2.74 bits per heavy atom. The molecule has 0 aliphatic carbocycles. The van der Waals surface area contributed by atoms with E-state index in [0.717, 1.165) is 19.5 Å². The predicted octanol–water partition coefficient (Wildman–Crippen LogP) is 1.93. The minimum Gasteiger partial charge on any atom is -0.478 e. The quantitative estimate of drug-likeness (QED) is 0.889. The van der Waals surface area contributed by atoms with Crippen LogP contribution in [0, 0.1) is 5.92 Å². The average Bonchev–Trinajstić information content (AvgIpc) is 2.75. The normalized spacial score (nSPS) is 19.4. The van der Waals surface area contributed by atoms with Crippen molar-refractivity contribution in [2.45, 2.75) is 6.42 Å². The van der Waals surface area contributed by atoms with Gasteiger partial charge < -0.3 is 15.3 Å². The monoisotopic (exact) mass is 282 g/mol. The second-order valence-corrected chi connectivity index (χ2v) is 5.14. The minimum atomic E-state index is -1.08. The molecule has 1 heterocycles. The lowest BCUT2D eigenvalue weighted by atomic mass is 10.1. The molecule has 0 spiro atoms. The third-order valence-corrected chi connectivity index (χ3v) is 3.54. The summed E-state index contributed by atoms with van der Waals surface area (Å²) in [5.74, 6) is -1.16. The highest BCUT2D eigenvalue weighted by molar-refractivity contribution is 6.33. The van der Waals surface area contributed by atoms with E-state index in [2.05, 4.69) is 10.2 Å². The van der Waals surface area contributed by atoms with Crippen molar-refractivity contribution in [3.8, 4) is 0 Å². The Kier molecular flexibility index (Phi) is 4.07. The molecule has 0 radical (unpaired) electrons. The zero-order valence-electron chi connectivity index (χ0n) is 10.5. The topological polar surface area (TPSA) is 69.6 Å². The van der Waals surface area contributed by atoms with Crippen molar-refractivity contribution in [1.82, 2.24) is 4.90 Å². The Balaban J connectivity index is 2.05. The van der Waals surface area contributed by atoms with Crippen LogP contribution in [0.25, 0.3) is 0 Å². The van der Waals surface area contributed by atoms with Crippen LogP contribution in [0.2, 0.25) is 5.02 Å². The lowest BCUT2D eigenvalue weighted by molar-refractivity contribution is -0.119. The van der Waals surface area contributed by atoms with E-state index in [1.54, 1.807) is 6.07 Å². The number of carboxylic acids is 1. The Labute approximate surface area is 116 Å². The maximum atomic E-state index is 12.0. The Bertz CT molecular complexity index is 519. The number of nitrogens with one attached hydrogen (secondary N) is 1. The fourth-order valence-electron chi connectivity index (χ4n) is 2.16. The van der Waals surface area contributed by atoms with E-state index >= 15 is 0 Å². The maximum absolute atomic E-state index is 12.0. The van der Waals surface area contributed by atoms with Gasteiger partial charge in [-0.25, -0.2) is 4.79 Å². The third kappa shape index (κ3) is 3.24. The number of amides is 1. The van der Waals surface area contributed by atoms with Crippen LogP contribution in [-0.4, -0.2) is 42.0 Å². The van der Waals surface area contributed by atoms with E-state index in [-0.39, 0.29) is 22.4 Å². The van der Waals surface area contributed by atoms with E-state index in [0.29, 0.717) is 5.69 Å². The average molecular weight is 283 g/mol. The number of aromatic carboxylic acids is 1. The zero-order chi connectivity index (χ0) is 14.0. The van der Waals surface area contributed by atoms with Crippen molar-refractivity contribution < 1.29 is 14.7 Å². The van der Waals surface area contributed by atoms with Gasteiger partial charge in [0.15, 0.2) is 0 Å². The summed E-state index contributed by atoms with van der Waals surface area (Å²) in [6.07, 6.45) is 0.837. The SMILES string of the molecule is CN1CCC(C(=O)Nc2ccc(C(=O)O)c(Cl)c2)C1. The first-order chi connectivity index (χ1) is 8.97. The van der Waals surface area contributed by atoms with Crippen LogP contribution in [0.5, 0.6) is 0 Å². The molecule has 0 aromatic heterocycles. The molecule has 1 aromatic rings. The van der Waals surface area contributed by atoms with Crippen LogP contribution in [0.15, 0.2) is 18.2 Å². The highest BCUT2D eigenvalue weighted by atomic mass is 35.5. The highest BCUT2D eigenvalue weighted by Gasteiger charge is 2.26. The van der Waals surface area contributed by atoms with Crippen molar-refractivity contribution in [2.24, 2.45) is 5.92 Å². The number of halogens is 1. The van der Waals surface area contributed by atoms with Gasteiger partial charge in [0.25, 0.3) is 0 Å². The summed E-state index contributed by atoms with van der Waals surface area (Å²) in [5, 5.41) is 11.8. The van der Waals surface area contributed by atoms with Gasteiger partial charge in [0.1, 0.15) is 0 Å². The smallest absolute Gasteiger partial charge is 0.337 e. The van der Waals surface area contributed by atoms with Gasteiger partial charge in [-0.15, -0.1) is 0 Å². The van der Waals surface area contributed by atoms with E-state index in [1.165, 1.54) is 12.1 Å². The highest BCUT2D eigenvalue weighted by Crippen LogP contribution is 2.22. The first-order valence-corrected chi connectivity index (χ1v) is 6.37. The molecule has 1 aliphatic heterocycles. The van der Waals surface area contributed by atoms with Crippen LogP contribution in [0.3, 0.4) is 0 Å². The molecule has 0 bridgehead atoms. The van der Waals surface area contributed by atoms with Gasteiger partial charge in [-0.3, -0.25) is 4.79 Å². The molecule has 2 N–H and O–H groups in total. The van der Waals surface area contributed by atoms with Crippen molar-refractivity contribution in [3.05, 3.63) is 28.8 Å². The molecule has 0 saturated carbocycles. The number of carbonyl (C=O) groups excluding carboxylic acids is 1. The molecule has 1 fully saturated rings. The van der Waals surface area contributed by atoms with Gasteiger partial charge in [0.05, 0.1) is 16.5 Å². The second kappa shape index (κ2) is 5.59. The van der Waals surface area contributed by atoms with Crippen molar-refractivity contribution in [1.29, 1.82) is 0 Å². The summed E-state index contributed by atoms with van der Waals surface area (Å²) in [7, 11) is 1.98. The largest absolute Gasteiger partial charge is 0.478 e. The molecule has 19 heavy (non-hydrogen) atoms. The first-order valence-electron chi connectivity index (χ1n) is 5.99. The Morgan fingerprint density at radius 1 is 1.47 bits per heavy atom. The van der Waals surface area contributed by atoms with E-state index in [1.807, 2.05) is 7.05 Å². The number of benzene rings is 1. The summed E-state index contributed by atoms with van der Waals surface area (Å²) in [6, 6.07) is 4.40. The van der Waals surface area contributed by atoms with Crippen LogP contribution in [0.1, 0.15) is 16.8 Å². The summed E-state index contributed by atoms with van der Waals surface area (Å²) in [5.41, 5.74) is 0.551. The van der Waals surface area contributed by atoms with Crippen LogP contribution < -0.4 is 5.32 Å². The van der Waals surface area contributed by atoms with E-state index < -0.39 is 5.97 Å². The number of anilines is 1. The van der Waals surface area contributed by atoms with E-state index in [9.17, 15) is 9.59 Å². The molecule has 1 atom stereocenters. The van der Waals surface area contributed by atoms with Crippen LogP contribution >= 0.6 is 11.6 Å². The van der Waals surface area contributed by atoms with Crippen LogP contribution in [-0.2, 0) is 4.79 Å². The lowest BCUT2D eigenvalue weighted by Gasteiger charge is -2.12. The van der Waals surface area contributed by atoms with Gasteiger partial charge in [0.2, 0.25) is 5.91 Å². The summed E-state index contributed by atoms with van der Waals surface area (Å²) >= 11 is 5.85. The molecule has 1 aliphatic rings. The van der Waals surface area contributed by atoms with Crippen LogP contribution in [0.4, 0.5) is 5.69 Å². The molecule has 102 valence electrons. The van der Waals surface area contributed by atoms with Gasteiger partial charge in [-0.2, -0.15) is 0 Å². The molecule has 1 saturated heterocycles. The fourth-order valence-corrected chi connectivity index (χ4v) is 2.42. The lowest BCUT2D eigenvalue weighted by Crippen LogP contribution is -2.25. The van der Waals surface area contributed by atoms with Gasteiger partial charge >= 0.3 is 5.97 Å². The number of carboxylic acid groups (broad SMARTS) is 1. The predicted molar refractivity (Wildman–Crippen MR) is 72.6 cm³/mol. The van der Waals surface area contributed by atoms with Crippen molar-refractivity contribution in [3.63, 3.8) is 0 Å². The molecular formula is C13H15ClN2O3. The van der Waals surface area contributed by atoms with Crippen molar-refractivity contribution >= 4 is 29.2 Å². The molecule has 6 heteroatoms. The minimum absolute atomic E-state index is 0.0251. The first kappa shape index (κ1) is 13.8. The number of hydrogen-bond donors (Lipinski definition) is 2. The zero-order valence-corrected chi connectivity index (χ0v) is 11.3. The third-order valence-electron chi connectivity index (χ3n) is 3.23. The molecule has 1 aromatic carbocycles. The number of rotatable bonds is 3. The fraction of sp³-hybridized carbons (Fsp3) is 0.385. The van der Waals surface area contributed by atoms with Gasteiger partial charge in [-0.05, 0) is 38.2 Å². The number of nitrogens with zero attached hydrogens (tertiary/aromatic N) is 1. The second-order valence-electron chi connectivity index (χ2n) is 4.74.